The van der Waals surface area contributed by atoms with Crippen molar-refractivity contribution in [2.75, 3.05) is 13.7 Å². The lowest BCUT2D eigenvalue weighted by molar-refractivity contribution is 0.0557. The molecule has 1 amide bonds. The lowest BCUT2D eigenvalue weighted by atomic mass is 10.0. The number of aliphatic hydroxyl groups is 1. The van der Waals surface area contributed by atoms with E-state index in [4.69, 9.17) is 4.74 Å². The van der Waals surface area contributed by atoms with Crippen molar-refractivity contribution in [3.63, 3.8) is 0 Å². The van der Waals surface area contributed by atoms with Gasteiger partial charge in [0, 0.05) is 15.1 Å². The van der Waals surface area contributed by atoms with Crippen molar-refractivity contribution < 1.29 is 14.6 Å². The zero-order valence-electron chi connectivity index (χ0n) is 13.6. The van der Waals surface area contributed by atoms with Gasteiger partial charge in [-0.2, -0.15) is 0 Å². The predicted molar refractivity (Wildman–Crippen MR) is 96.7 cm³/mol. The van der Waals surface area contributed by atoms with Crippen LogP contribution in [0.5, 0.6) is 5.75 Å². The van der Waals surface area contributed by atoms with Gasteiger partial charge in [0.25, 0.3) is 5.91 Å². The SMILES string of the molecule is COc1ccc(C(=O)NCC(C)(O)c2cc3ccccc3s2)cc1. The van der Waals surface area contributed by atoms with E-state index in [2.05, 4.69) is 5.32 Å². The summed E-state index contributed by atoms with van der Waals surface area (Å²) in [5.41, 5.74) is -0.589. The third-order valence-electron chi connectivity index (χ3n) is 3.90. The van der Waals surface area contributed by atoms with E-state index in [9.17, 15) is 9.90 Å². The second-order valence-electron chi connectivity index (χ2n) is 5.83. The Bertz CT molecular complexity index is 819. The van der Waals surface area contributed by atoms with E-state index in [0.29, 0.717) is 11.3 Å². The van der Waals surface area contributed by atoms with Gasteiger partial charge >= 0.3 is 0 Å². The van der Waals surface area contributed by atoms with Crippen molar-refractivity contribution >= 4 is 27.3 Å². The van der Waals surface area contributed by atoms with Crippen LogP contribution in [0.1, 0.15) is 22.2 Å². The van der Waals surface area contributed by atoms with E-state index >= 15 is 0 Å². The van der Waals surface area contributed by atoms with Gasteiger partial charge in [-0.05, 0) is 48.7 Å². The summed E-state index contributed by atoms with van der Waals surface area (Å²) in [6.07, 6.45) is 0. The van der Waals surface area contributed by atoms with Crippen LogP contribution in [0.4, 0.5) is 0 Å². The molecular weight excluding hydrogens is 322 g/mol. The number of fused-ring (bicyclic) bond motifs is 1. The third-order valence-corrected chi connectivity index (χ3v) is 5.27. The molecule has 124 valence electrons. The second-order valence-corrected chi connectivity index (χ2v) is 6.92. The van der Waals surface area contributed by atoms with Crippen LogP contribution in [0.2, 0.25) is 0 Å². The Morgan fingerprint density at radius 1 is 1.21 bits per heavy atom. The summed E-state index contributed by atoms with van der Waals surface area (Å²) in [7, 11) is 1.58. The van der Waals surface area contributed by atoms with Gasteiger partial charge in [-0.1, -0.05) is 18.2 Å². The fourth-order valence-electron chi connectivity index (χ4n) is 2.43. The van der Waals surface area contributed by atoms with Crippen LogP contribution < -0.4 is 10.1 Å². The molecule has 0 fully saturated rings. The molecular formula is C19H19NO3S. The second kappa shape index (κ2) is 6.63. The third kappa shape index (κ3) is 3.42. The molecule has 0 aliphatic rings. The Morgan fingerprint density at radius 2 is 1.92 bits per heavy atom. The molecule has 5 heteroatoms. The molecule has 0 aliphatic carbocycles. The van der Waals surface area contributed by atoms with Crippen LogP contribution in [-0.2, 0) is 5.60 Å². The van der Waals surface area contributed by atoms with Crippen LogP contribution in [0.25, 0.3) is 10.1 Å². The number of hydrogen-bond donors (Lipinski definition) is 2. The first-order valence-corrected chi connectivity index (χ1v) is 8.45. The quantitative estimate of drug-likeness (QED) is 0.746. The number of carbonyl (C=O) groups excluding carboxylic acids is 1. The molecule has 0 saturated carbocycles. The van der Waals surface area contributed by atoms with E-state index < -0.39 is 5.60 Å². The molecule has 4 nitrogen and oxygen atoms in total. The Labute approximate surface area is 144 Å². The van der Waals surface area contributed by atoms with Crippen LogP contribution in [0, 0.1) is 0 Å². The molecule has 0 radical (unpaired) electrons. The van der Waals surface area contributed by atoms with E-state index in [-0.39, 0.29) is 12.5 Å². The molecule has 1 unspecified atom stereocenters. The van der Waals surface area contributed by atoms with Crippen LogP contribution in [0.3, 0.4) is 0 Å². The molecule has 1 atom stereocenters. The number of nitrogens with one attached hydrogen (secondary N) is 1. The van der Waals surface area contributed by atoms with Gasteiger partial charge in [-0.15, -0.1) is 11.3 Å². The monoisotopic (exact) mass is 341 g/mol. The maximum absolute atomic E-state index is 12.2. The number of carbonyl (C=O) groups is 1. The number of rotatable bonds is 5. The topological polar surface area (TPSA) is 58.6 Å². The smallest absolute Gasteiger partial charge is 0.251 e. The molecule has 24 heavy (non-hydrogen) atoms. The Morgan fingerprint density at radius 3 is 2.58 bits per heavy atom. The summed E-state index contributed by atoms with van der Waals surface area (Å²) < 4.78 is 6.20. The van der Waals surface area contributed by atoms with Gasteiger partial charge in [-0.25, -0.2) is 0 Å². The summed E-state index contributed by atoms with van der Waals surface area (Å²) >= 11 is 1.54. The summed E-state index contributed by atoms with van der Waals surface area (Å²) in [4.78, 5) is 13.1. The predicted octanol–water partition coefficient (Wildman–Crippen LogP) is 3.55. The largest absolute Gasteiger partial charge is 0.497 e. The highest BCUT2D eigenvalue weighted by molar-refractivity contribution is 7.19. The first kappa shape index (κ1) is 16.5. The lowest BCUT2D eigenvalue weighted by Gasteiger charge is -2.22. The van der Waals surface area contributed by atoms with Gasteiger partial charge in [0.1, 0.15) is 11.4 Å². The van der Waals surface area contributed by atoms with E-state index in [1.807, 2.05) is 30.3 Å². The minimum Gasteiger partial charge on any atom is -0.497 e. The van der Waals surface area contributed by atoms with Crippen molar-refractivity contribution in [2.24, 2.45) is 0 Å². The minimum atomic E-state index is -1.12. The Hall–Kier alpha value is -2.37. The van der Waals surface area contributed by atoms with Crippen molar-refractivity contribution in [2.45, 2.75) is 12.5 Å². The highest BCUT2D eigenvalue weighted by atomic mass is 32.1. The average molecular weight is 341 g/mol. The fraction of sp³-hybridized carbons (Fsp3) is 0.211. The van der Waals surface area contributed by atoms with Crippen LogP contribution in [-0.4, -0.2) is 24.7 Å². The van der Waals surface area contributed by atoms with E-state index in [0.717, 1.165) is 15.0 Å². The Balaban J connectivity index is 1.70. The summed E-state index contributed by atoms with van der Waals surface area (Å²) in [5.74, 6) is 0.475. The molecule has 0 spiro atoms. The van der Waals surface area contributed by atoms with E-state index in [1.54, 1.807) is 38.3 Å². The number of hydrogen-bond acceptors (Lipinski definition) is 4. The fourth-order valence-corrected chi connectivity index (χ4v) is 3.54. The zero-order chi connectivity index (χ0) is 17.2. The van der Waals surface area contributed by atoms with Gasteiger partial charge < -0.3 is 15.2 Å². The number of ether oxygens (including phenoxy) is 1. The molecule has 0 bridgehead atoms. The molecule has 2 N–H and O–H groups in total. The highest BCUT2D eigenvalue weighted by Crippen LogP contribution is 2.32. The number of amides is 1. The van der Waals surface area contributed by atoms with Crippen LogP contribution in [0.15, 0.2) is 54.6 Å². The van der Waals surface area contributed by atoms with Gasteiger partial charge in [-0.3, -0.25) is 4.79 Å². The maximum atomic E-state index is 12.2. The molecule has 3 aromatic rings. The molecule has 1 aromatic heterocycles. The molecule has 1 heterocycles. The van der Waals surface area contributed by atoms with Crippen molar-refractivity contribution in [1.82, 2.24) is 5.32 Å². The molecule has 2 aromatic carbocycles. The molecule has 3 rings (SSSR count). The number of benzene rings is 2. The first-order chi connectivity index (χ1) is 11.5. The first-order valence-electron chi connectivity index (χ1n) is 7.63. The maximum Gasteiger partial charge on any atom is 0.251 e. The van der Waals surface area contributed by atoms with Crippen molar-refractivity contribution in [1.29, 1.82) is 0 Å². The summed E-state index contributed by atoms with van der Waals surface area (Å²) in [6, 6.07) is 16.8. The van der Waals surface area contributed by atoms with Crippen molar-refractivity contribution in [3.8, 4) is 5.75 Å². The summed E-state index contributed by atoms with van der Waals surface area (Å²) in [6.45, 7) is 1.86. The standard InChI is InChI=1S/C19H19NO3S/c1-19(22,17-11-14-5-3-4-6-16(14)24-17)12-20-18(21)13-7-9-15(23-2)10-8-13/h3-11,22H,12H2,1-2H3,(H,20,21). The van der Waals surface area contributed by atoms with Gasteiger partial charge in [0.05, 0.1) is 13.7 Å². The van der Waals surface area contributed by atoms with Gasteiger partial charge in [0.15, 0.2) is 0 Å². The average Bonchev–Trinajstić information content (AvgIpc) is 3.05. The number of thiophene rings is 1. The normalized spacial score (nSPS) is 13.5. The highest BCUT2D eigenvalue weighted by Gasteiger charge is 2.26. The lowest BCUT2D eigenvalue weighted by Crippen LogP contribution is -2.38. The Kier molecular flexibility index (Phi) is 4.55. The van der Waals surface area contributed by atoms with Crippen LogP contribution >= 0.6 is 11.3 Å². The molecule has 0 aliphatic heterocycles. The molecule has 0 saturated heterocycles. The zero-order valence-corrected chi connectivity index (χ0v) is 14.4. The number of methoxy groups -OCH3 is 1. The minimum absolute atomic E-state index is 0.144. The summed E-state index contributed by atoms with van der Waals surface area (Å²) in [5, 5.41) is 14.6. The van der Waals surface area contributed by atoms with E-state index in [1.165, 1.54) is 11.3 Å². The van der Waals surface area contributed by atoms with Gasteiger partial charge in [0.2, 0.25) is 0 Å². The van der Waals surface area contributed by atoms with Crippen molar-refractivity contribution in [3.05, 3.63) is 65.0 Å².